The van der Waals surface area contributed by atoms with Crippen LogP contribution in [0, 0.1) is 11.2 Å². The molecule has 0 unspecified atom stereocenters. The zero-order valence-corrected chi connectivity index (χ0v) is 12.5. The quantitative estimate of drug-likeness (QED) is 0.861. The average Bonchev–Trinajstić information content (AvgIpc) is 3.09. The van der Waals surface area contributed by atoms with Crippen molar-refractivity contribution >= 4 is 11.3 Å². The van der Waals surface area contributed by atoms with Crippen LogP contribution < -0.4 is 5.32 Å². The molecule has 106 valence electrons. The van der Waals surface area contributed by atoms with E-state index in [1.165, 1.54) is 31.4 Å². The smallest absolute Gasteiger partial charge is 0.123 e. The molecule has 3 rings (SSSR count). The van der Waals surface area contributed by atoms with Crippen molar-refractivity contribution in [3.8, 4) is 10.6 Å². The monoisotopic (exact) mass is 290 g/mol. The lowest BCUT2D eigenvalue weighted by Gasteiger charge is -2.12. The van der Waals surface area contributed by atoms with Gasteiger partial charge in [0.2, 0.25) is 0 Å². The van der Waals surface area contributed by atoms with Gasteiger partial charge in [0, 0.05) is 24.0 Å². The fourth-order valence-electron chi connectivity index (χ4n) is 2.40. The van der Waals surface area contributed by atoms with E-state index in [0.29, 0.717) is 5.41 Å². The van der Waals surface area contributed by atoms with E-state index in [1.807, 2.05) is 0 Å². The van der Waals surface area contributed by atoms with Crippen LogP contribution in [-0.2, 0) is 6.54 Å². The van der Waals surface area contributed by atoms with Crippen molar-refractivity contribution in [2.45, 2.75) is 32.7 Å². The standard InChI is InChI=1S/C16H19FN2S/c1-2-16(7-8-16)11-18-9-14-10-20-15(19-14)12-3-5-13(17)6-4-12/h3-6,10,18H,2,7-9,11H2,1H3. The summed E-state index contributed by atoms with van der Waals surface area (Å²) in [6.45, 7) is 4.18. The van der Waals surface area contributed by atoms with Crippen LogP contribution in [0.3, 0.4) is 0 Å². The topological polar surface area (TPSA) is 24.9 Å². The van der Waals surface area contributed by atoms with Gasteiger partial charge >= 0.3 is 0 Å². The van der Waals surface area contributed by atoms with Gasteiger partial charge in [-0.15, -0.1) is 11.3 Å². The Morgan fingerprint density at radius 3 is 2.70 bits per heavy atom. The Kier molecular flexibility index (Phi) is 3.85. The van der Waals surface area contributed by atoms with Gasteiger partial charge in [-0.1, -0.05) is 6.92 Å². The largest absolute Gasteiger partial charge is 0.311 e. The highest BCUT2D eigenvalue weighted by atomic mass is 32.1. The molecule has 0 atom stereocenters. The van der Waals surface area contributed by atoms with Gasteiger partial charge in [0.1, 0.15) is 10.8 Å². The van der Waals surface area contributed by atoms with Crippen molar-refractivity contribution < 1.29 is 4.39 Å². The van der Waals surface area contributed by atoms with Crippen molar-refractivity contribution in [3.63, 3.8) is 0 Å². The molecule has 2 nitrogen and oxygen atoms in total. The van der Waals surface area contributed by atoms with Gasteiger partial charge < -0.3 is 5.32 Å². The van der Waals surface area contributed by atoms with Crippen molar-refractivity contribution in [1.82, 2.24) is 10.3 Å². The highest BCUT2D eigenvalue weighted by Crippen LogP contribution is 2.47. The number of nitrogens with one attached hydrogen (secondary N) is 1. The maximum absolute atomic E-state index is 12.9. The number of thiazole rings is 1. The molecule has 1 aromatic heterocycles. The van der Waals surface area contributed by atoms with Crippen molar-refractivity contribution in [2.75, 3.05) is 6.54 Å². The van der Waals surface area contributed by atoms with E-state index in [-0.39, 0.29) is 5.82 Å². The van der Waals surface area contributed by atoms with Gasteiger partial charge in [-0.2, -0.15) is 0 Å². The van der Waals surface area contributed by atoms with Gasteiger partial charge in [0.05, 0.1) is 5.69 Å². The molecule has 1 aromatic carbocycles. The Hall–Kier alpha value is -1.26. The van der Waals surface area contributed by atoms with E-state index in [1.54, 1.807) is 23.5 Å². The molecule has 1 saturated carbocycles. The molecule has 0 amide bonds. The minimum absolute atomic E-state index is 0.207. The highest BCUT2D eigenvalue weighted by Gasteiger charge is 2.39. The fraction of sp³-hybridized carbons (Fsp3) is 0.438. The third-order valence-corrected chi connectivity index (χ3v) is 5.10. The molecule has 0 spiro atoms. The Labute approximate surface area is 123 Å². The number of benzene rings is 1. The minimum atomic E-state index is -0.207. The van der Waals surface area contributed by atoms with Crippen LogP contribution in [0.15, 0.2) is 29.6 Å². The van der Waals surface area contributed by atoms with E-state index >= 15 is 0 Å². The molecule has 0 saturated heterocycles. The SMILES string of the molecule is CCC1(CNCc2csc(-c3ccc(F)cc3)n2)CC1. The van der Waals surface area contributed by atoms with Crippen LogP contribution in [0.5, 0.6) is 0 Å². The number of hydrogen-bond donors (Lipinski definition) is 1. The zero-order valence-electron chi connectivity index (χ0n) is 11.7. The molecule has 0 bridgehead atoms. The second-order valence-corrected chi connectivity index (χ2v) is 6.47. The summed E-state index contributed by atoms with van der Waals surface area (Å²) >= 11 is 1.61. The Morgan fingerprint density at radius 1 is 1.30 bits per heavy atom. The van der Waals surface area contributed by atoms with E-state index in [9.17, 15) is 4.39 Å². The average molecular weight is 290 g/mol. The fourth-order valence-corrected chi connectivity index (χ4v) is 3.23. The third-order valence-electron chi connectivity index (χ3n) is 4.16. The Bertz CT molecular complexity index is 572. The summed E-state index contributed by atoms with van der Waals surface area (Å²) in [7, 11) is 0. The van der Waals surface area contributed by atoms with Crippen LogP contribution in [0.2, 0.25) is 0 Å². The first kappa shape index (κ1) is 13.7. The molecule has 4 heteroatoms. The van der Waals surface area contributed by atoms with E-state index < -0.39 is 0 Å². The van der Waals surface area contributed by atoms with Gasteiger partial charge in [-0.05, 0) is 48.9 Å². The molecule has 1 aliphatic rings. The van der Waals surface area contributed by atoms with Gasteiger partial charge in [0.15, 0.2) is 0 Å². The lowest BCUT2D eigenvalue weighted by atomic mass is 10.0. The Balaban J connectivity index is 1.58. The van der Waals surface area contributed by atoms with Gasteiger partial charge in [0.25, 0.3) is 0 Å². The second kappa shape index (κ2) is 5.62. The number of rotatable bonds is 6. The summed E-state index contributed by atoms with van der Waals surface area (Å²) in [6.07, 6.45) is 3.97. The maximum atomic E-state index is 12.9. The summed E-state index contributed by atoms with van der Waals surface area (Å²) in [5, 5.41) is 6.55. The summed E-state index contributed by atoms with van der Waals surface area (Å²) in [5.74, 6) is -0.207. The second-order valence-electron chi connectivity index (χ2n) is 5.61. The lowest BCUT2D eigenvalue weighted by Crippen LogP contribution is -2.23. The minimum Gasteiger partial charge on any atom is -0.311 e. The molecular formula is C16H19FN2S. The molecule has 0 radical (unpaired) electrons. The highest BCUT2D eigenvalue weighted by molar-refractivity contribution is 7.13. The molecule has 20 heavy (non-hydrogen) atoms. The van der Waals surface area contributed by atoms with E-state index in [0.717, 1.165) is 29.4 Å². The van der Waals surface area contributed by atoms with Gasteiger partial charge in [-0.3, -0.25) is 0 Å². The van der Waals surface area contributed by atoms with Crippen LogP contribution in [0.1, 0.15) is 31.9 Å². The van der Waals surface area contributed by atoms with Crippen LogP contribution >= 0.6 is 11.3 Å². The van der Waals surface area contributed by atoms with E-state index in [2.05, 4.69) is 22.6 Å². The summed E-state index contributed by atoms with van der Waals surface area (Å²) in [6, 6.07) is 6.52. The van der Waals surface area contributed by atoms with Crippen molar-refractivity contribution in [2.24, 2.45) is 5.41 Å². The maximum Gasteiger partial charge on any atom is 0.123 e. The van der Waals surface area contributed by atoms with Crippen LogP contribution in [0.25, 0.3) is 10.6 Å². The number of nitrogens with zero attached hydrogens (tertiary/aromatic N) is 1. The first-order valence-electron chi connectivity index (χ1n) is 7.12. The van der Waals surface area contributed by atoms with Crippen LogP contribution in [0.4, 0.5) is 4.39 Å². The molecule has 2 aromatic rings. The van der Waals surface area contributed by atoms with Crippen molar-refractivity contribution in [3.05, 3.63) is 41.2 Å². The third kappa shape index (κ3) is 3.07. The first-order valence-corrected chi connectivity index (χ1v) is 8.00. The number of aromatic nitrogens is 1. The van der Waals surface area contributed by atoms with Gasteiger partial charge in [-0.25, -0.2) is 9.37 Å². The predicted octanol–water partition coefficient (Wildman–Crippen LogP) is 4.23. The molecule has 1 heterocycles. The molecule has 1 N–H and O–H groups in total. The summed E-state index contributed by atoms with van der Waals surface area (Å²) < 4.78 is 12.9. The zero-order chi connectivity index (χ0) is 14.0. The molecular weight excluding hydrogens is 271 g/mol. The first-order chi connectivity index (χ1) is 9.71. The van der Waals surface area contributed by atoms with E-state index in [4.69, 9.17) is 0 Å². The summed E-state index contributed by atoms with van der Waals surface area (Å²) in [4.78, 5) is 4.61. The lowest BCUT2D eigenvalue weighted by molar-refractivity contribution is 0.442. The number of hydrogen-bond acceptors (Lipinski definition) is 3. The van der Waals surface area contributed by atoms with Crippen LogP contribution in [-0.4, -0.2) is 11.5 Å². The Morgan fingerprint density at radius 2 is 2.05 bits per heavy atom. The number of halogens is 1. The molecule has 1 fully saturated rings. The molecule has 1 aliphatic carbocycles. The van der Waals surface area contributed by atoms with Crippen molar-refractivity contribution in [1.29, 1.82) is 0 Å². The normalized spacial score (nSPS) is 16.3. The predicted molar refractivity (Wildman–Crippen MR) is 81.2 cm³/mol. The molecule has 0 aliphatic heterocycles. The summed E-state index contributed by atoms with van der Waals surface area (Å²) in [5.41, 5.74) is 2.62.